The van der Waals surface area contributed by atoms with Gasteiger partial charge in [0, 0.05) is 30.2 Å². The van der Waals surface area contributed by atoms with E-state index in [0.29, 0.717) is 6.04 Å². The van der Waals surface area contributed by atoms with Gasteiger partial charge in [0.05, 0.1) is 5.56 Å². The first kappa shape index (κ1) is 16.9. The molecule has 1 saturated carbocycles. The number of nitrogens with one attached hydrogen (secondary N) is 1. The van der Waals surface area contributed by atoms with Crippen molar-refractivity contribution in [1.29, 1.82) is 0 Å². The highest BCUT2D eigenvalue weighted by atomic mass is 16.2. The van der Waals surface area contributed by atoms with Crippen LogP contribution in [0.25, 0.3) is 0 Å². The number of benzene rings is 3. The van der Waals surface area contributed by atoms with Crippen LogP contribution >= 0.6 is 0 Å². The molecule has 0 radical (unpaired) electrons. The van der Waals surface area contributed by atoms with Crippen molar-refractivity contribution in [2.45, 2.75) is 25.0 Å². The number of fused-ring (bicyclic) bond motifs is 1. The van der Waals surface area contributed by atoms with Gasteiger partial charge in [-0.25, -0.2) is 0 Å². The molecule has 1 aliphatic carbocycles. The first-order valence-electron chi connectivity index (χ1n) is 9.79. The van der Waals surface area contributed by atoms with Crippen molar-refractivity contribution in [1.82, 2.24) is 4.90 Å². The summed E-state index contributed by atoms with van der Waals surface area (Å²) in [7, 11) is 2.07. The first-order valence-corrected chi connectivity index (χ1v) is 9.79. The van der Waals surface area contributed by atoms with E-state index in [0.717, 1.165) is 41.0 Å². The normalized spacial score (nSPS) is 18.4. The van der Waals surface area contributed by atoms with E-state index < -0.39 is 0 Å². The Bertz CT molecular complexity index is 996. The summed E-state index contributed by atoms with van der Waals surface area (Å²) in [6.07, 6.45) is 2.05. The van der Waals surface area contributed by atoms with E-state index in [2.05, 4.69) is 53.7 Å². The molecule has 0 unspecified atom stereocenters. The number of anilines is 3. The zero-order valence-electron chi connectivity index (χ0n) is 15.9. The van der Waals surface area contributed by atoms with E-state index >= 15 is 0 Å². The summed E-state index contributed by atoms with van der Waals surface area (Å²) >= 11 is 0. The predicted molar refractivity (Wildman–Crippen MR) is 113 cm³/mol. The van der Waals surface area contributed by atoms with Crippen LogP contribution in [0.2, 0.25) is 0 Å². The molecule has 0 aromatic heterocycles. The van der Waals surface area contributed by atoms with Gasteiger partial charge in [0.15, 0.2) is 0 Å². The van der Waals surface area contributed by atoms with Gasteiger partial charge in [-0.3, -0.25) is 4.79 Å². The summed E-state index contributed by atoms with van der Waals surface area (Å²) in [5, 5.41) is 3.59. The van der Waals surface area contributed by atoms with E-state index in [9.17, 15) is 4.79 Å². The average Bonchev–Trinajstić information content (AvgIpc) is 3.59. The molecule has 3 aromatic rings. The number of hydrogen-bond donors (Lipinski definition) is 1. The average molecular weight is 369 g/mol. The molecular formula is C24H23N3O. The number of carbonyl (C=O) groups is 1. The number of amides is 1. The molecule has 1 heterocycles. The Kier molecular flexibility index (Phi) is 4.05. The van der Waals surface area contributed by atoms with Gasteiger partial charge in [0.25, 0.3) is 5.91 Å². The van der Waals surface area contributed by atoms with E-state index in [1.54, 1.807) is 0 Å². The van der Waals surface area contributed by atoms with Gasteiger partial charge in [-0.2, -0.15) is 0 Å². The number of para-hydroxylation sites is 2. The Morgan fingerprint density at radius 3 is 2.21 bits per heavy atom. The molecule has 1 aliphatic heterocycles. The second-order valence-electron chi connectivity index (χ2n) is 7.52. The summed E-state index contributed by atoms with van der Waals surface area (Å²) in [6, 6.07) is 27.0. The first-order chi connectivity index (χ1) is 13.7. The molecule has 1 amide bonds. The maximum absolute atomic E-state index is 13.1. The quantitative estimate of drug-likeness (QED) is 0.688. The summed E-state index contributed by atoms with van der Waals surface area (Å²) in [5.41, 5.74) is 5.07. The summed E-state index contributed by atoms with van der Waals surface area (Å²) in [6.45, 7) is 0. The highest BCUT2D eigenvalue weighted by Crippen LogP contribution is 2.41. The Morgan fingerprint density at radius 2 is 1.50 bits per heavy atom. The lowest BCUT2D eigenvalue weighted by atomic mass is 10.0. The Hall–Kier alpha value is -3.27. The van der Waals surface area contributed by atoms with Crippen molar-refractivity contribution in [3.05, 3.63) is 90.0 Å². The molecule has 3 aromatic carbocycles. The fraction of sp³-hybridized carbons (Fsp3) is 0.208. The Labute approximate surface area is 165 Å². The third kappa shape index (κ3) is 2.91. The second-order valence-corrected chi connectivity index (χ2v) is 7.52. The van der Waals surface area contributed by atoms with Crippen molar-refractivity contribution < 1.29 is 4.79 Å². The predicted octanol–water partition coefficient (Wildman–Crippen LogP) is 5.18. The van der Waals surface area contributed by atoms with Crippen LogP contribution < -0.4 is 10.2 Å². The summed E-state index contributed by atoms with van der Waals surface area (Å²) in [4.78, 5) is 17.3. The molecule has 5 rings (SSSR count). The monoisotopic (exact) mass is 369 g/mol. The molecule has 0 bridgehead atoms. The molecule has 0 saturated heterocycles. The van der Waals surface area contributed by atoms with Crippen molar-refractivity contribution in [2.75, 3.05) is 17.3 Å². The van der Waals surface area contributed by atoms with Gasteiger partial charge < -0.3 is 15.1 Å². The molecular weight excluding hydrogens is 346 g/mol. The van der Waals surface area contributed by atoms with E-state index in [1.807, 2.05) is 47.4 Å². The maximum Gasteiger partial charge on any atom is 0.258 e. The highest BCUT2D eigenvalue weighted by Gasteiger charge is 2.41. The van der Waals surface area contributed by atoms with Crippen LogP contribution in [0.5, 0.6) is 0 Å². The van der Waals surface area contributed by atoms with E-state index in [-0.39, 0.29) is 12.1 Å². The second kappa shape index (κ2) is 6.71. The zero-order chi connectivity index (χ0) is 19.1. The maximum atomic E-state index is 13.1. The smallest absolute Gasteiger partial charge is 0.258 e. The molecule has 28 heavy (non-hydrogen) atoms. The van der Waals surface area contributed by atoms with Gasteiger partial charge in [-0.05, 0) is 54.8 Å². The van der Waals surface area contributed by atoms with Gasteiger partial charge in [0.2, 0.25) is 0 Å². The van der Waals surface area contributed by atoms with E-state index in [4.69, 9.17) is 0 Å². The lowest BCUT2D eigenvalue weighted by Crippen LogP contribution is -2.44. The molecule has 4 nitrogen and oxygen atoms in total. The van der Waals surface area contributed by atoms with Gasteiger partial charge in [0.1, 0.15) is 6.17 Å². The van der Waals surface area contributed by atoms with E-state index in [1.165, 1.54) is 0 Å². The third-order valence-electron chi connectivity index (χ3n) is 5.64. The third-order valence-corrected chi connectivity index (χ3v) is 5.64. The number of carbonyl (C=O) groups excluding carboxylic acids is 1. The summed E-state index contributed by atoms with van der Waals surface area (Å²) in [5.74, 6) is 0.132. The van der Waals surface area contributed by atoms with Crippen LogP contribution in [-0.4, -0.2) is 23.9 Å². The minimum Gasteiger partial charge on any atom is -0.361 e. The van der Waals surface area contributed by atoms with Crippen molar-refractivity contribution >= 4 is 23.0 Å². The Morgan fingerprint density at radius 1 is 0.857 bits per heavy atom. The Balaban J connectivity index is 1.46. The molecule has 1 atom stereocenters. The molecule has 1 fully saturated rings. The van der Waals surface area contributed by atoms with Gasteiger partial charge in [-0.15, -0.1) is 0 Å². The number of nitrogens with zero attached hydrogens (tertiary/aromatic N) is 2. The van der Waals surface area contributed by atoms with Gasteiger partial charge >= 0.3 is 0 Å². The van der Waals surface area contributed by atoms with Crippen LogP contribution in [-0.2, 0) is 0 Å². The highest BCUT2D eigenvalue weighted by molar-refractivity contribution is 6.02. The SMILES string of the molecule is CN(c1ccccc1)c1ccc([C@@H]2Nc3ccccc3C(=O)N2C2CC2)cc1. The molecule has 140 valence electrons. The minimum absolute atomic E-state index is 0.119. The topological polar surface area (TPSA) is 35.6 Å². The minimum atomic E-state index is -0.119. The number of hydrogen-bond acceptors (Lipinski definition) is 3. The lowest BCUT2D eigenvalue weighted by molar-refractivity contribution is 0.0666. The standard InChI is InChI=1S/C24H23N3O/c1-26(18-7-3-2-4-8-18)19-13-11-17(12-14-19)23-25-22-10-6-5-9-21(22)24(28)27(23)20-15-16-20/h2-14,20,23,25H,15-16H2,1H3/t23-/m1/s1. The van der Waals surface area contributed by atoms with Crippen molar-refractivity contribution in [2.24, 2.45) is 0 Å². The summed E-state index contributed by atoms with van der Waals surface area (Å²) < 4.78 is 0. The largest absolute Gasteiger partial charge is 0.361 e. The fourth-order valence-corrected chi connectivity index (χ4v) is 3.92. The molecule has 0 spiro atoms. The van der Waals surface area contributed by atoms with Gasteiger partial charge in [-0.1, -0.05) is 42.5 Å². The van der Waals surface area contributed by atoms with Crippen LogP contribution in [0.15, 0.2) is 78.9 Å². The fourth-order valence-electron chi connectivity index (χ4n) is 3.92. The van der Waals surface area contributed by atoms with Crippen LogP contribution in [0.4, 0.5) is 17.1 Å². The van der Waals surface area contributed by atoms with Crippen LogP contribution in [0.3, 0.4) is 0 Å². The van der Waals surface area contributed by atoms with Crippen molar-refractivity contribution in [3.8, 4) is 0 Å². The molecule has 4 heteroatoms. The molecule has 2 aliphatic rings. The zero-order valence-corrected chi connectivity index (χ0v) is 15.9. The van der Waals surface area contributed by atoms with Crippen LogP contribution in [0.1, 0.15) is 34.9 Å². The van der Waals surface area contributed by atoms with Crippen LogP contribution in [0, 0.1) is 0 Å². The number of rotatable bonds is 4. The lowest BCUT2D eigenvalue weighted by Gasteiger charge is -2.38. The molecule has 1 N–H and O–H groups in total. The van der Waals surface area contributed by atoms with Crippen molar-refractivity contribution in [3.63, 3.8) is 0 Å².